The highest BCUT2D eigenvalue weighted by atomic mass is 35.5. The number of rotatable bonds is 7. The lowest BCUT2D eigenvalue weighted by atomic mass is 9.96. The maximum Gasteiger partial charge on any atom is 0.227 e. The molecule has 0 saturated carbocycles. The highest BCUT2D eigenvalue weighted by Gasteiger charge is 2.42. The maximum atomic E-state index is 13.3. The van der Waals surface area contributed by atoms with E-state index in [0.29, 0.717) is 43.6 Å². The summed E-state index contributed by atoms with van der Waals surface area (Å²) in [6.45, 7) is 3.02. The summed E-state index contributed by atoms with van der Waals surface area (Å²) < 4.78 is 30.7. The second-order valence-electron chi connectivity index (χ2n) is 8.56. The average molecular weight is 491 g/mol. The quantitative estimate of drug-likeness (QED) is 0.597. The number of amides is 2. The molecule has 2 amide bonds. The van der Waals surface area contributed by atoms with Gasteiger partial charge in [0.1, 0.15) is 23.8 Å². The van der Waals surface area contributed by atoms with E-state index in [1.807, 2.05) is 12.1 Å². The number of ether oxygens (including phenoxy) is 3. The van der Waals surface area contributed by atoms with Gasteiger partial charge < -0.3 is 24.0 Å². The summed E-state index contributed by atoms with van der Waals surface area (Å²) in [5.41, 5.74) is -0.157. The summed E-state index contributed by atoms with van der Waals surface area (Å²) in [6, 6.07) is 12.8. The molecule has 0 N–H and O–H groups in total. The molecule has 4 rings (SSSR count). The van der Waals surface area contributed by atoms with Gasteiger partial charge in [0.15, 0.2) is 0 Å². The van der Waals surface area contributed by atoms with Crippen LogP contribution in [0.2, 0.25) is 5.02 Å². The first-order valence-corrected chi connectivity index (χ1v) is 11.7. The van der Waals surface area contributed by atoms with Gasteiger partial charge >= 0.3 is 0 Å². The summed E-state index contributed by atoms with van der Waals surface area (Å²) in [5.74, 6) is -0.0288. The molecular formula is C25H28ClFN2O5. The van der Waals surface area contributed by atoms with Gasteiger partial charge in [-0.1, -0.05) is 23.7 Å². The van der Waals surface area contributed by atoms with Crippen LogP contribution in [-0.2, 0) is 25.5 Å². The molecule has 2 aromatic rings. The third-order valence-electron chi connectivity index (χ3n) is 6.02. The van der Waals surface area contributed by atoms with Gasteiger partial charge in [0, 0.05) is 24.7 Å². The predicted octanol–water partition coefficient (Wildman–Crippen LogP) is 2.95. The third kappa shape index (κ3) is 6.46. The minimum atomic E-state index is -1.02. The molecule has 2 aromatic carbocycles. The molecule has 182 valence electrons. The zero-order valence-corrected chi connectivity index (χ0v) is 19.6. The monoisotopic (exact) mass is 490 g/mol. The van der Waals surface area contributed by atoms with Crippen molar-refractivity contribution in [2.45, 2.75) is 18.4 Å². The van der Waals surface area contributed by atoms with Crippen molar-refractivity contribution in [3.8, 4) is 5.75 Å². The molecular weight excluding hydrogens is 463 g/mol. The number of carbonyl (C=O) groups is 2. The minimum Gasteiger partial charge on any atom is -0.490 e. The van der Waals surface area contributed by atoms with Gasteiger partial charge in [-0.25, -0.2) is 4.39 Å². The minimum absolute atomic E-state index is 0.0550. The number of morpholine rings is 2. The molecule has 0 aromatic heterocycles. The van der Waals surface area contributed by atoms with Crippen LogP contribution in [0.25, 0.3) is 0 Å². The van der Waals surface area contributed by atoms with Crippen molar-refractivity contribution in [1.29, 1.82) is 0 Å². The summed E-state index contributed by atoms with van der Waals surface area (Å²) in [4.78, 5) is 29.7. The van der Waals surface area contributed by atoms with Gasteiger partial charge in [-0.2, -0.15) is 0 Å². The van der Waals surface area contributed by atoms with Crippen LogP contribution in [0.3, 0.4) is 0 Å². The Morgan fingerprint density at radius 2 is 1.62 bits per heavy atom. The lowest BCUT2D eigenvalue weighted by molar-refractivity contribution is -0.167. The molecule has 0 radical (unpaired) electrons. The topological polar surface area (TPSA) is 68.3 Å². The average Bonchev–Trinajstić information content (AvgIpc) is 2.86. The fourth-order valence-electron chi connectivity index (χ4n) is 4.14. The maximum absolute atomic E-state index is 13.3. The van der Waals surface area contributed by atoms with Crippen molar-refractivity contribution in [3.63, 3.8) is 0 Å². The summed E-state index contributed by atoms with van der Waals surface area (Å²) >= 11 is 5.95. The number of carbonyl (C=O) groups excluding carboxylic acids is 2. The van der Waals surface area contributed by atoms with E-state index in [1.54, 1.807) is 21.9 Å². The molecule has 0 spiro atoms. The van der Waals surface area contributed by atoms with E-state index in [1.165, 1.54) is 24.3 Å². The molecule has 1 atom stereocenters. The molecule has 2 aliphatic heterocycles. The van der Waals surface area contributed by atoms with E-state index in [9.17, 15) is 14.0 Å². The normalized spacial score (nSPS) is 20.8. The molecule has 1 unspecified atom stereocenters. The lowest BCUT2D eigenvalue weighted by Crippen LogP contribution is -2.59. The number of hydrogen-bond acceptors (Lipinski definition) is 5. The molecule has 0 aliphatic carbocycles. The van der Waals surface area contributed by atoms with Crippen molar-refractivity contribution >= 4 is 23.4 Å². The van der Waals surface area contributed by atoms with E-state index in [-0.39, 0.29) is 50.2 Å². The highest BCUT2D eigenvalue weighted by Crippen LogP contribution is 2.26. The van der Waals surface area contributed by atoms with Gasteiger partial charge in [0.25, 0.3) is 0 Å². The smallest absolute Gasteiger partial charge is 0.227 e. The van der Waals surface area contributed by atoms with Crippen LogP contribution in [0.5, 0.6) is 5.75 Å². The zero-order valence-electron chi connectivity index (χ0n) is 18.9. The van der Waals surface area contributed by atoms with E-state index in [0.717, 1.165) is 5.56 Å². The van der Waals surface area contributed by atoms with Gasteiger partial charge in [-0.3, -0.25) is 9.59 Å². The predicted molar refractivity (Wildman–Crippen MR) is 124 cm³/mol. The standard InChI is InChI=1S/C25H28ClFN2O5/c26-20-3-1-19(2-4-20)15-23(30)29-11-14-34-25(17-29,16-24(31)28-9-12-32-13-10-28)18-33-22-7-5-21(27)6-8-22/h1-8H,9-18H2. The summed E-state index contributed by atoms with van der Waals surface area (Å²) in [7, 11) is 0. The van der Waals surface area contributed by atoms with Crippen molar-refractivity contribution in [3.05, 3.63) is 64.9 Å². The van der Waals surface area contributed by atoms with Gasteiger partial charge in [0.2, 0.25) is 11.8 Å². The van der Waals surface area contributed by atoms with E-state index in [4.69, 9.17) is 25.8 Å². The summed E-state index contributed by atoms with van der Waals surface area (Å²) in [5, 5.41) is 0.612. The Bertz CT molecular complexity index is 982. The van der Waals surface area contributed by atoms with Crippen LogP contribution in [-0.4, -0.2) is 79.8 Å². The molecule has 2 heterocycles. The Kier molecular flexibility index (Phi) is 8.03. The van der Waals surface area contributed by atoms with Crippen molar-refractivity contribution in [1.82, 2.24) is 9.80 Å². The fourth-order valence-corrected chi connectivity index (χ4v) is 4.26. The van der Waals surface area contributed by atoms with Crippen LogP contribution >= 0.6 is 11.6 Å². The van der Waals surface area contributed by atoms with Crippen LogP contribution in [0, 0.1) is 5.82 Å². The van der Waals surface area contributed by atoms with Crippen LogP contribution in [0.15, 0.2) is 48.5 Å². The second kappa shape index (κ2) is 11.2. The van der Waals surface area contributed by atoms with Crippen LogP contribution in [0.1, 0.15) is 12.0 Å². The highest BCUT2D eigenvalue weighted by molar-refractivity contribution is 6.30. The number of hydrogen-bond donors (Lipinski definition) is 0. The van der Waals surface area contributed by atoms with E-state index >= 15 is 0 Å². The van der Waals surface area contributed by atoms with Crippen molar-refractivity contribution in [2.24, 2.45) is 0 Å². The Hall–Kier alpha value is -2.68. The fraction of sp³-hybridized carbons (Fsp3) is 0.440. The number of benzene rings is 2. The first-order chi connectivity index (χ1) is 16.4. The molecule has 9 heteroatoms. The second-order valence-corrected chi connectivity index (χ2v) is 9.00. The Balaban J connectivity index is 1.48. The Labute approximate surface area is 203 Å². The number of nitrogens with zero attached hydrogens (tertiary/aromatic N) is 2. The molecule has 2 aliphatic rings. The largest absolute Gasteiger partial charge is 0.490 e. The molecule has 7 nitrogen and oxygen atoms in total. The molecule has 2 fully saturated rings. The Morgan fingerprint density at radius 3 is 2.32 bits per heavy atom. The molecule has 0 bridgehead atoms. The SMILES string of the molecule is O=C(CC1(COc2ccc(F)cc2)CN(C(=O)Cc2ccc(Cl)cc2)CCO1)N1CCOCC1. The third-order valence-corrected chi connectivity index (χ3v) is 6.27. The first kappa shape index (κ1) is 24.4. The first-order valence-electron chi connectivity index (χ1n) is 11.3. The van der Waals surface area contributed by atoms with Gasteiger partial charge in [-0.15, -0.1) is 0 Å². The van der Waals surface area contributed by atoms with Crippen LogP contribution in [0.4, 0.5) is 4.39 Å². The number of halogens is 2. The van der Waals surface area contributed by atoms with E-state index in [2.05, 4.69) is 0 Å². The Morgan fingerprint density at radius 1 is 0.941 bits per heavy atom. The van der Waals surface area contributed by atoms with Gasteiger partial charge in [-0.05, 0) is 42.0 Å². The van der Waals surface area contributed by atoms with Crippen LogP contribution < -0.4 is 4.74 Å². The van der Waals surface area contributed by atoms with E-state index < -0.39 is 5.60 Å². The molecule has 2 saturated heterocycles. The molecule has 34 heavy (non-hydrogen) atoms. The lowest BCUT2D eigenvalue weighted by Gasteiger charge is -2.43. The zero-order chi connectivity index (χ0) is 24.0. The van der Waals surface area contributed by atoms with Crippen molar-refractivity contribution < 1.29 is 28.2 Å². The van der Waals surface area contributed by atoms with Crippen molar-refractivity contribution in [2.75, 3.05) is 52.6 Å². The van der Waals surface area contributed by atoms with Gasteiger partial charge in [0.05, 0.1) is 39.2 Å². The summed E-state index contributed by atoms with van der Waals surface area (Å²) in [6.07, 6.45) is 0.294.